The van der Waals surface area contributed by atoms with Crippen molar-refractivity contribution in [2.75, 3.05) is 18.4 Å². The smallest absolute Gasteiger partial charge is 0.292 e. The molecule has 7 nitrogen and oxygen atoms in total. The van der Waals surface area contributed by atoms with Gasteiger partial charge in [-0.3, -0.25) is 14.9 Å². The summed E-state index contributed by atoms with van der Waals surface area (Å²) in [6.07, 6.45) is 2.21. The average molecular weight is 411 g/mol. The Morgan fingerprint density at radius 3 is 2.83 bits per heavy atom. The Balaban J connectivity index is 1.54. The van der Waals surface area contributed by atoms with Crippen molar-refractivity contribution in [3.05, 3.63) is 48.9 Å². The molecule has 2 aromatic rings. The van der Waals surface area contributed by atoms with Crippen molar-refractivity contribution in [2.45, 2.75) is 18.8 Å². The molecule has 0 radical (unpaired) electrons. The number of nitrogens with zero attached hydrogens (tertiary/aromatic N) is 2. The number of thiazole rings is 1. The van der Waals surface area contributed by atoms with Gasteiger partial charge in [0, 0.05) is 24.0 Å². The van der Waals surface area contributed by atoms with Gasteiger partial charge in [-0.1, -0.05) is 12.1 Å². The molecule has 0 spiro atoms. The number of anilines is 1. The summed E-state index contributed by atoms with van der Waals surface area (Å²) in [4.78, 5) is 28.1. The van der Waals surface area contributed by atoms with E-state index in [9.17, 15) is 14.9 Å². The van der Waals surface area contributed by atoms with E-state index >= 15 is 0 Å². The SMILES string of the molecule is O=C(NCCNc1ccccc1[N+](=O)[O-])c1nc(Br)sc1C1CC1. The Morgan fingerprint density at radius 1 is 1.38 bits per heavy atom. The van der Waals surface area contributed by atoms with Crippen LogP contribution in [0.25, 0.3) is 0 Å². The summed E-state index contributed by atoms with van der Waals surface area (Å²) in [7, 11) is 0. The van der Waals surface area contributed by atoms with Gasteiger partial charge in [-0.2, -0.15) is 0 Å². The molecule has 0 bridgehead atoms. The van der Waals surface area contributed by atoms with Crippen molar-refractivity contribution in [2.24, 2.45) is 0 Å². The second kappa shape index (κ2) is 7.27. The summed E-state index contributed by atoms with van der Waals surface area (Å²) in [5, 5.41) is 16.7. The Morgan fingerprint density at radius 2 is 2.12 bits per heavy atom. The van der Waals surface area contributed by atoms with Crippen LogP contribution in [-0.4, -0.2) is 28.9 Å². The summed E-state index contributed by atoms with van der Waals surface area (Å²) >= 11 is 4.84. The third-order valence-corrected chi connectivity index (χ3v) is 5.29. The van der Waals surface area contributed by atoms with Gasteiger partial charge in [0.15, 0.2) is 3.92 Å². The number of nitro benzene ring substituents is 1. The molecule has 9 heteroatoms. The zero-order valence-electron chi connectivity index (χ0n) is 12.6. The molecule has 1 aromatic carbocycles. The van der Waals surface area contributed by atoms with E-state index in [2.05, 4.69) is 31.5 Å². The van der Waals surface area contributed by atoms with Crippen molar-refractivity contribution in [3.8, 4) is 0 Å². The lowest BCUT2D eigenvalue weighted by Crippen LogP contribution is -2.29. The predicted octanol–water partition coefficient (Wildman–Crippen LogP) is 3.53. The zero-order valence-corrected chi connectivity index (χ0v) is 15.0. The summed E-state index contributed by atoms with van der Waals surface area (Å²) in [5.74, 6) is 0.253. The predicted molar refractivity (Wildman–Crippen MR) is 95.7 cm³/mol. The van der Waals surface area contributed by atoms with Gasteiger partial charge in [0.05, 0.1) is 4.92 Å². The fraction of sp³-hybridized carbons (Fsp3) is 0.333. The molecular formula is C15H15BrN4O3S. The highest BCUT2D eigenvalue weighted by molar-refractivity contribution is 9.11. The first kappa shape index (κ1) is 16.8. The van der Waals surface area contributed by atoms with Crippen LogP contribution in [0.4, 0.5) is 11.4 Å². The minimum Gasteiger partial charge on any atom is -0.378 e. The molecule has 1 fully saturated rings. The fourth-order valence-corrected chi connectivity index (χ4v) is 3.99. The van der Waals surface area contributed by atoms with Crippen molar-refractivity contribution in [3.63, 3.8) is 0 Å². The average Bonchev–Trinajstić information content (AvgIpc) is 3.33. The van der Waals surface area contributed by atoms with Crippen LogP contribution in [0.1, 0.15) is 34.1 Å². The van der Waals surface area contributed by atoms with Gasteiger partial charge in [0.2, 0.25) is 0 Å². The molecule has 1 aliphatic rings. The third-order valence-electron chi connectivity index (χ3n) is 3.62. The summed E-state index contributed by atoms with van der Waals surface area (Å²) in [6, 6.07) is 6.42. The number of amides is 1. The second-order valence-corrected chi connectivity index (χ2v) is 7.72. The van der Waals surface area contributed by atoms with Gasteiger partial charge >= 0.3 is 0 Å². The first-order valence-corrected chi connectivity index (χ1v) is 9.09. The van der Waals surface area contributed by atoms with Crippen LogP contribution in [-0.2, 0) is 0 Å². The van der Waals surface area contributed by atoms with Crippen LogP contribution >= 0.6 is 27.3 Å². The third kappa shape index (κ3) is 3.90. The first-order chi connectivity index (χ1) is 11.6. The van der Waals surface area contributed by atoms with Crippen LogP contribution < -0.4 is 10.6 Å². The molecular weight excluding hydrogens is 396 g/mol. The zero-order chi connectivity index (χ0) is 17.1. The Kier molecular flexibility index (Phi) is 5.10. The van der Waals surface area contributed by atoms with Crippen molar-refractivity contribution >= 4 is 44.5 Å². The van der Waals surface area contributed by atoms with Crippen LogP contribution in [0, 0.1) is 10.1 Å². The van der Waals surface area contributed by atoms with Crippen LogP contribution in [0.3, 0.4) is 0 Å². The number of carbonyl (C=O) groups is 1. The van der Waals surface area contributed by atoms with E-state index in [1.807, 2.05) is 0 Å². The first-order valence-electron chi connectivity index (χ1n) is 7.48. The largest absolute Gasteiger partial charge is 0.378 e. The maximum atomic E-state index is 12.3. The van der Waals surface area contributed by atoms with Gasteiger partial charge < -0.3 is 10.6 Å². The molecule has 1 heterocycles. The number of aromatic nitrogens is 1. The molecule has 1 aliphatic carbocycles. The lowest BCUT2D eigenvalue weighted by Gasteiger charge is -2.08. The van der Waals surface area contributed by atoms with E-state index < -0.39 is 4.92 Å². The Labute approximate surface area is 150 Å². The highest BCUT2D eigenvalue weighted by Crippen LogP contribution is 2.45. The fourth-order valence-electron chi connectivity index (χ4n) is 2.33. The normalized spacial score (nSPS) is 13.5. The van der Waals surface area contributed by atoms with E-state index in [0.717, 1.165) is 17.7 Å². The maximum absolute atomic E-state index is 12.3. The van der Waals surface area contributed by atoms with Gasteiger partial charge in [-0.05, 0) is 40.8 Å². The van der Waals surface area contributed by atoms with Crippen LogP contribution in [0.5, 0.6) is 0 Å². The Hall–Kier alpha value is -2.00. The van der Waals surface area contributed by atoms with E-state index in [4.69, 9.17) is 0 Å². The number of carbonyl (C=O) groups excluding carboxylic acids is 1. The highest BCUT2D eigenvalue weighted by Gasteiger charge is 2.31. The summed E-state index contributed by atoms with van der Waals surface area (Å²) < 4.78 is 0.715. The number of para-hydroxylation sites is 2. The molecule has 0 aliphatic heterocycles. The number of benzene rings is 1. The van der Waals surface area contributed by atoms with Crippen molar-refractivity contribution in [1.29, 1.82) is 0 Å². The van der Waals surface area contributed by atoms with Crippen LogP contribution in [0.15, 0.2) is 28.2 Å². The van der Waals surface area contributed by atoms with Crippen molar-refractivity contribution < 1.29 is 9.72 Å². The molecule has 0 saturated heterocycles. The lowest BCUT2D eigenvalue weighted by molar-refractivity contribution is -0.384. The minimum absolute atomic E-state index is 0.0169. The topological polar surface area (TPSA) is 97.2 Å². The van der Waals surface area contributed by atoms with Gasteiger partial charge in [-0.15, -0.1) is 11.3 Å². The van der Waals surface area contributed by atoms with E-state index in [1.165, 1.54) is 17.4 Å². The number of hydrogen-bond donors (Lipinski definition) is 2. The molecule has 24 heavy (non-hydrogen) atoms. The van der Waals surface area contributed by atoms with E-state index in [-0.39, 0.29) is 11.6 Å². The van der Waals surface area contributed by atoms with Gasteiger partial charge in [0.25, 0.3) is 11.6 Å². The highest BCUT2D eigenvalue weighted by atomic mass is 79.9. The summed E-state index contributed by atoms with van der Waals surface area (Å²) in [6.45, 7) is 0.741. The monoisotopic (exact) mass is 410 g/mol. The number of rotatable bonds is 7. The molecule has 0 unspecified atom stereocenters. The van der Waals surface area contributed by atoms with E-state index in [1.54, 1.807) is 18.2 Å². The van der Waals surface area contributed by atoms with Gasteiger partial charge in [-0.25, -0.2) is 4.98 Å². The summed E-state index contributed by atoms with van der Waals surface area (Å²) in [5.41, 5.74) is 0.940. The number of halogens is 1. The minimum atomic E-state index is -0.435. The standard InChI is InChI=1S/C15H15BrN4O3S/c16-15-19-12(13(24-15)9-5-6-9)14(21)18-8-7-17-10-3-1-2-4-11(10)20(22)23/h1-4,9,17H,5-8H2,(H,18,21). The molecule has 1 aromatic heterocycles. The molecule has 1 amide bonds. The number of nitro groups is 1. The molecule has 126 valence electrons. The Bertz CT molecular complexity index is 776. The molecule has 3 rings (SSSR count). The number of hydrogen-bond acceptors (Lipinski definition) is 6. The van der Waals surface area contributed by atoms with Crippen molar-refractivity contribution in [1.82, 2.24) is 10.3 Å². The molecule has 0 atom stereocenters. The lowest BCUT2D eigenvalue weighted by atomic mass is 10.2. The molecule has 2 N–H and O–H groups in total. The molecule has 1 saturated carbocycles. The quantitative estimate of drug-likeness (QED) is 0.413. The van der Waals surface area contributed by atoms with Crippen LogP contribution in [0.2, 0.25) is 0 Å². The maximum Gasteiger partial charge on any atom is 0.292 e. The van der Waals surface area contributed by atoms with Gasteiger partial charge in [0.1, 0.15) is 11.4 Å². The van der Waals surface area contributed by atoms with E-state index in [0.29, 0.717) is 34.3 Å². The second-order valence-electron chi connectivity index (χ2n) is 5.41. The number of nitrogens with one attached hydrogen (secondary N) is 2.